The third-order valence-electron chi connectivity index (χ3n) is 3.83. The highest BCUT2D eigenvalue weighted by molar-refractivity contribution is 5.94. The average Bonchev–Trinajstić information content (AvgIpc) is 2.64. The van der Waals surface area contributed by atoms with E-state index in [2.05, 4.69) is 5.32 Å². The normalized spacial score (nSPS) is 14.1. The molecule has 5 nitrogen and oxygen atoms in total. The van der Waals surface area contributed by atoms with Gasteiger partial charge in [-0.3, -0.25) is 4.79 Å². The minimum atomic E-state index is -0.498. The van der Waals surface area contributed by atoms with E-state index in [9.17, 15) is 9.18 Å². The van der Waals surface area contributed by atoms with E-state index in [-0.39, 0.29) is 17.2 Å². The monoisotopic (exact) mass is 325 g/mol. The highest BCUT2D eigenvalue weighted by Crippen LogP contribution is 2.24. The van der Waals surface area contributed by atoms with E-state index < -0.39 is 5.82 Å². The first-order valence-electron chi connectivity index (χ1n) is 7.62. The lowest BCUT2D eigenvalue weighted by Crippen LogP contribution is -2.40. The molecule has 24 heavy (non-hydrogen) atoms. The van der Waals surface area contributed by atoms with Crippen molar-refractivity contribution in [1.82, 2.24) is 4.90 Å². The van der Waals surface area contributed by atoms with E-state index in [4.69, 9.17) is 10.00 Å². The maximum absolute atomic E-state index is 13.9. The zero-order valence-corrected chi connectivity index (χ0v) is 13.0. The number of morpholine rings is 1. The molecule has 1 amide bonds. The number of carbonyl (C=O) groups is 1. The van der Waals surface area contributed by atoms with Crippen LogP contribution in [0.4, 0.5) is 15.8 Å². The first kappa shape index (κ1) is 16.0. The Bertz CT molecular complexity index is 778. The number of nitrogens with one attached hydrogen (secondary N) is 1. The predicted octanol–water partition coefficient (Wildman–Crippen LogP) is 2.91. The molecular formula is C18H16FN3O2. The number of ether oxygens (including phenoxy) is 1. The van der Waals surface area contributed by atoms with Crippen molar-refractivity contribution in [2.75, 3.05) is 31.6 Å². The summed E-state index contributed by atoms with van der Waals surface area (Å²) in [7, 11) is 0. The summed E-state index contributed by atoms with van der Waals surface area (Å²) in [6, 6.07) is 13.0. The van der Waals surface area contributed by atoms with E-state index in [0.717, 1.165) is 0 Å². The number of benzene rings is 2. The number of nitriles is 1. The summed E-state index contributed by atoms with van der Waals surface area (Å²) in [5.41, 5.74) is 1.53. The second-order valence-electron chi connectivity index (χ2n) is 5.38. The highest BCUT2D eigenvalue weighted by Gasteiger charge is 2.18. The predicted molar refractivity (Wildman–Crippen MR) is 87.6 cm³/mol. The third kappa shape index (κ3) is 3.36. The average molecular weight is 325 g/mol. The molecule has 1 fully saturated rings. The van der Waals surface area contributed by atoms with E-state index in [1.807, 2.05) is 6.07 Å². The quantitative estimate of drug-likeness (QED) is 0.942. The number of halogens is 1. The number of carbonyl (C=O) groups excluding carboxylic acids is 1. The van der Waals surface area contributed by atoms with Gasteiger partial charge in [-0.25, -0.2) is 4.39 Å². The zero-order chi connectivity index (χ0) is 16.9. The Hall–Kier alpha value is -2.91. The van der Waals surface area contributed by atoms with Crippen molar-refractivity contribution < 1.29 is 13.9 Å². The maximum Gasteiger partial charge on any atom is 0.254 e. The van der Waals surface area contributed by atoms with Gasteiger partial charge in [-0.05, 0) is 36.4 Å². The van der Waals surface area contributed by atoms with Crippen LogP contribution in [0, 0.1) is 17.1 Å². The third-order valence-corrected chi connectivity index (χ3v) is 3.83. The molecule has 0 unspecified atom stereocenters. The molecule has 2 aromatic carbocycles. The Morgan fingerprint density at radius 3 is 2.54 bits per heavy atom. The van der Waals surface area contributed by atoms with Crippen LogP contribution in [0.3, 0.4) is 0 Å². The molecule has 1 heterocycles. The Morgan fingerprint density at radius 2 is 1.88 bits per heavy atom. The van der Waals surface area contributed by atoms with Crippen LogP contribution < -0.4 is 5.32 Å². The number of para-hydroxylation sites is 1. The Morgan fingerprint density at radius 1 is 1.17 bits per heavy atom. The molecule has 0 bridgehead atoms. The van der Waals surface area contributed by atoms with Gasteiger partial charge < -0.3 is 15.0 Å². The molecule has 1 aliphatic rings. The van der Waals surface area contributed by atoms with Crippen LogP contribution in [0.1, 0.15) is 15.9 Å². The van der Waals surface area contributed by atoms with Crippen molar-refractivity contribution in [3.8, 4) is 6.07 Å². The minimum absolute atomic E-state index is 0.0477. The van der Waals surface area contributed by atoms with E-state index >= 15 is 0 Å². The number of nitrogens with zero attached hydrogens (tertiary/aromatic N) is 2. The van der Waals surface area contributed by atoms with Gasteiger partial charge in [0.05, 0.1) is 24.5 Å². The number of amides is 1. The topological polar surface area (TPSA) is 65.4 Å². The van der Waals surface area contributed by atoms with Gasteiger partial charge in [0.2, 0.25) is 0 Å². The van der Waals surface area contributed by atoms with Gasteiger partial charge in [0.15, 0.2) is 0 Å². The van der Waals surface area contributed by atoms with Crippen molar-refractivity contribution in [3.63, 3.8) is 0 Å². The van der Waals surface area contributed by atoms with Crippen molar-refractivity contribution in [2.24, 2.45) is 0 Å². The first-order chi connectivity index (χ1) is 11.7. The van der Waals surface area contributed by atoms with Crippen LogP contribution in [0.2, 0.25) is 0 Å². The maximum atomic E-state index is 13.9. The largest absolute Gasteiger partial charge is 0.378 e. The summed E-state index contributed by atoms with van der Waals surface area (Å²) in [4.78, 5) is 14.1. The van der Waals surface area contributed by atoms with Crippen LogP contribution in [0.15, 0.2) is 42.5 Å². The van der Waals surface area contributed by atoms with Crippen LogP contribution in [-0.4, -0.2) is 37.1 Å². The van der Waals surface area contributed by atoms with Crippen molar-refractivity contribution in [2.45, 2.75) is 0 Å². The molecule has 0 spiro atoms. The smallest absolute Gasteiger partial charge is 0.254 e. The lowest BCUT2D eigenvalue weighted by molar-refractivity contribution is 0.0303. The van der Waals surface area contributed by atoms with E-state index in [1.54, 1.807) is 35.2 Å². The summed E-state index contributed by atoms with van der Waals surface area (Å²) in [5, 5.41) is 12.0. The molecule has 2 aromatic rings. The molecular weight excluding hydrogens is 309 g/mol. The molecule has 1 N–H and O–H groups in total. The lowest BCUT2D eigenvalue weighted by Gasteiger charge is -2.26. The van der Waals surface area contributed by atoms with Crippen molar-refractivity contribution in [3.05, 3.63) is 59.4 Å². The molecule has 1 saturated heterocycles. The SMILES string of the molecule is N#Cc1cccc(F)c1Nc1ccc(C(=O)N2CCOCC2)cc1. The Labute approximate surface area is 139 Å². The Kier molecular flexibility index (Phi) is 4.73. The number of rotatable bonds is 3. The van der Waals surface area contributed by atoms with Crippen LogP contribution in [0.5, 0.6) is 0 Å². The van der Waals surface area contributed by atoms with Gasteiger partial charge in [0, 0.05) is 24.3 Å². The van der Waals surface area contributed by atoms with Gasteiger partial charge in [-0.1, -0.05) is 6.07 Å². The molecule has 6 heteroatoms. The molecule has 0 atom stereocenters. The van der Waals surface area contributed by atoms with E-state index in [0.29, 0.717) is 37.6 Å². The van der Waals surface area contributed by atoms with Crippen LogP contribution in [0.25, 0.3) is 0 Å². The fourth-order valence-corrected chi connectivity index (χ4v) is 2.53. The summed E-state index contributed by atoms with van der Waals surface area (Å²) >= 11 is 0. The fraction of sp³-hybridized carbons (Fsp3) is 0.222. The summed E-state index contributed by atoms with van der Waals surface area (Å²) in [5.74, 6) is -0.545. The van der Waals surface area contributed by atoms with Gasteiger partial charge in [-0.15, -0.1) is 0 Å². The van der Waals surface area contributed by atoms with Gasteiger partial charge in [0.1, 0.15) is 11.9 Å². The number of anilines is 2. The molecule has 0 radical (unpaired) electrons. The van der Waals surface area contributed by atoms with E-state index in [1.165, 1.54) is 12.1 Å². The molecule has 0 saturated carbocycles. The summed E-state index contributed by atoms with van der Waals surface area (Å²) < 4.78 is 19.1. The van der Waals surface area contributed by atoms with Gasteiger partial charge in [0.25, 0.3) is 5.91 Å². The van der Waals surface area contributed by atoms with Crippen molar-refractivity contribution in [1.29, 1.82) is 5.26 Å². The van der Waals surface area contributed by atoms with Crippen LogP contribution in [-0.2, 0) is 4.74 Å². The molecule has 0 aliphatic carbocycles. The standard InChI is InChI=1S/C18H16FN3O2/c19-16-3-1-2-14(12-20)17(16)21-15-6-4-13(5-7-15)18(23)22-8-10-24-11-9-22/h1-7,21H,8-11H2. The van der Waals surface area contributed by atoms with Gasteiger partial charge >= 0.3 is 0 Å². The number of hydrogen-bond acceptors (Lipinski definition) is 4. The molecule has 122 valence electrons. The zero-order valence-electron chi connectivity index (χ0n) is 13.0. The molecule has 1 aliphatic heterocycles. The van der Waals surface area contributed by atoms with Crippen molar-refractivity contribution >= 4 is 17.3 Å². The fourth-order valence-electron chi connectivity index (χ4n) is 2.53. The second kappa shape index (κ2) is 7.11. The van der Waals surface area contributed by atoms with Gasteiger partial charge in [-0.2, -0.15) is 5.26 Å². The Balaban J connectivity index is 1.76. The minimum Gasteiger partial charge on any atom is -0.378 e. The summed E-state index contributed by atoms with van der Waals surface area (Å²) in [6.45, 7) is 2.27. The lowest BCUT2D eigenvalue weighted by atomic mass is 10.1. The molecule has 0 aromatic heterocycles. The summed E-state index contributed by atoms with van der Waals surface area (Å²) in [6.07, 6.45) is 0. The number of hydrogen-bond donors (Lipinski definition) is 1. The van der Waals surface area contributed by atoms with Crippen LogP contribution >= 0.6 is 0 Å². The highest BCUT2D eigenvalue weighted by atomic mass is 19.1. The first-order valence-corrected chi connectivity index (χ1v) is 7.62. The second-order valence-corrected chi connectivity index (χ2v) is 5.38. The molecule has 3 rings (SSSR count).